The van der Waals surface area contributed by atoms with Gasteiger partial charge in [0.05, 0.1) is 0 Å². The standard InChI is InChI=1S/C33H42N2O2/c1-24(2)22-34-33(37)31(21-28-11-7-6-8-12-28)35(23-29-13-9-10-26(5)20-29)32(36)19-16-27-14-17-30(18-15-27)25(3)4/h6-15,17-18,20,24-25,31H,16,19,21-23H2,1-5H3,(H,34,37). The Bertz CT molecular complexity index is 1140. The molecule has 1 atom stereocenters. The van der Waals surface area contributed by atoms with Crippen LogP contribution < -0.4 is 5.32 Å². The summed E-state index contributed by atoms with van der Waals surface area (Å²) in [7, 11) is 0. The van der Waals surface area contributed by atoms with Crippen molar-refractivity contribution in [1.29, 1.82) is 0 Å². The number of nitrogens with zero attached hydrogens (tertiary/aromatic N) is 1. The highest BCUT2D eigenvalue weighted by Gasteiger charge is 2.30. The summed E-state index contributed by atoms with van der Waals surface area (Å²) < 4.78 is 0. The predicted octanol–water partition coefficient (Wildman–Crippen LogP) is 6.46. The second kappa shape index (κ2) is 13.8. The first-order valence-corrected chi connectivity index (χ1v) is 13.5. The molecule has 0 radical (unpaired) electrons. The molecule has 0 aliphatic carbocycles. The van der Waals surface area contributed by atoms with Gasteiger partial charge in [-0.15, -0.1) is 0 Å². The van der Waals surface area contributed by atoms with Crippen LogP contribution >= 0.6 is 0 Å². The van der Waals surface area contributed by atoms with E-state index in [1.807, 2.05) is 55.5 Å². The molecule has 4 heteroatoms. The van der Waals surface area contributed by atoms with Crippen LogP contribution in [-0.2, 0) is 29.0 Å². The fourth-order valence-corrected chi connectivity index (χ4v) is 4.45. The Hall–Kier alpha value is -3.40. The first-order chi connectivity index (χ1) is 17.7. The Kier molecular flexibility index (Phi) is 10.5. The van der Waals surface area contributed by atoms with Crippen molar-refractivity contribution >= 4 is 11.8 Å². The molecule has 0 spiro atoms. The number of hydrogen-bond acceptors (Lipinski definition) is 2. The molecule has 0 fully saturated rings. The topological polar surface area (TPSA) is 49.4 Å². The van der Waals surface area contributed by atoms with Crippen LogP contribution in [-0.4, -0.2) is 29.3 Å². The van der Waals surface area contributed by atoms with Gasteiger partial charge in [-0.25, -0.2) is 0 Å². The molecule has 0 saturated heterocycles. The number of carbonyl (C=O) groups excluding carboxylic acids is 2. The van der Waals surface area contributed by atoms with Gasteiger partial charge in [-0.3, -0.25) is 9.59 Å². The third-order valence-corrected chi connectivity index (χ3v) is 6.66. The Morgan fingerprint density at radius 3 is 2.11 bits per heavy atom. The predicted molar refractivity (Wildman–Crippen MR) is 152 cm³/mol. The minimum absolute atomic E-state index is 0.00456. The van der Waals surface area contributed by atoms with Crippen molar-refractivity contribution in [3.05, 3.63) is 107 Å². The monoisotopic (exact) mass is 498 g/mol. The van der Waals surface area contributed by atoms with Crippen molar-refractivity contribution in [3.63, 3.8) is 0 Å². The zero-order chi connectivity index (χ0) is 26.8. The molecule has 3 aromatic carbocycles. The summed E-state index contributed by atoms with van der Waals surface area (Å²) in [5.74, 6) is 0.703. The van der Waals surface area contributed by atoms with E-state index >= 15 is 0 Å². The first-order valence-electron chi connectivity index (χ1n) is 13.5. The summed E-state index contributed by atoms with van der Waals surface area (Å²) in [6.45, 7) is 11.5. The van der Waals surface area contributed by atoms with E-state index in [1.165, 1.54) is 5.56 Å². The fourth-order valence-electron chi connectivity index (χ4n) is 4.45. The van der Waals surface area contributed by atoms with E-state index in [-0.39, 0.29) is 11.8 Å². The highest BCUT2D eigenvalue weighted by molar-refractivity contribution is 5.88. The Balaban J connectivity index is 1.87. The minimum Gasteiger partial charge on any atom is -0.354 e. The van der Waals surface area contributed by atoms with Crippen molar-refractivity contribution in [1.82, 2.24) is 10.2 Å². The average Bonchev–Trinajstić information content (AvgIpc) is 2.88. The molecule has 0 heterocycles. The Labute approximate surface area is 223 Å². The van der Waals surface area contributed by atoms with Gasteiger partial charge in [-0.1, -0.05) is 112 Å². The van der Waals surface area contributed by atoms with Crippen LogP contribution in [0.3, 0.4) is 0 Å². The van der Waals surface area contributed by atoms with Crippen LogP contribution in [0.1, 0.15) is 67.9 Å². The second-order valence-corrected chi connectivity index (χ2v) is 10.8. The van der Waals surface area contributed by atoms with E-state index in [0.717, 1.165) is 22.3 Å². The van der Waals surface area contributed by atoms with Crippen LogP contribution in [0.2, 0.25) is 0 Å². The van der Waals surface area contributed by atoms with Crippen molar-refractivity contribution in [3.8, 4) is 0 Å². The van der Waals surface area contributed by atoms with Crippen LogP contribution in [0.15, 0.2) is 78.9 Å². The van der Waals surface area contributed by atoms with Gasteiger partial charge in [0.1, 0.15) is 6.04 Å². The largest absolute Gasteiger partial charge is 0.354 e. The van der Waals surface area contributed by atoms with Crippen LogP contribution in [0, 0.1) is 12.8 Å². The number of hydrogen-bond donors (Lipinski definition) is 1. The molecule has 1 N–H and O–H groups in total. The third kappa shape index (κ3) is 8.89. The molecular weight excluding hydrogens is 456 g/mol. The number of carbonyl (C=O) groups is 2. The molecule has 3 rings (SSSR count). The van der Waals surface area contributed by atoms with Crippen LogP contribution in [0.4, 0.5) is 0 Å². The van der Waals surface area contributed by atoms with Crippen molar-refractivity contribution in [2.24, 2.45) is 5.92 Å². The fraction of sp³-hybridized carbons (Fsp3) is 0.394. The molecule has 4 nitrogen and oxygen atoms in total. The van der Waals surface area contributed by atoms with E-state index in [2.05, 4.69) is 63.3 Å². The number of rotatable bonds is 12. The average molecular weight is 499 g/mol. The highest BCUT2D eigenvalue weighted by Crippen LogP contribution is 2.19. The van der Waals surface area contributed by atoms with Crippen LogP contribution in [0.5, 0.6) is 0 Å². The zero-order valence-corrected chi connectivity index (χ0v) is 23.0. The lowest BCUT2D eigenvalue weighted by molar-refractivity contribution is -0.141. The van der Waals surface area contributed by atoms with E-state index in [9.17, 15) is 9.59 Å². The van der Waals surface area contributed by atoms with Crippen molar-refractivity contribution in [2.45, 2.75) is 72.4 Å². The molecule has 2 amide bonds. The maximum absolute atomic E-state index is 13.8. The molecule has 1 unspecified atom stereocenters. The summed E-state index contributed by atoms with van der Waals surface area (Å²) in [4.78, 5) is 29.1. The molecule has 3 aromatic rings. The Morgan fingerprint density at radius 1 is 0.811 bits per heavy atom. The quantitative estimate of drug-likeness (QED) is 0.311. The minimum atomic E-state index is -0.586. The summed E-state index contributed by atoms with van der Waals surface area (Å²) in [5.41, 5.74) is 5.64. The van der Waals surface area contributed by atoms with Gasteiger partial charge in [0.2, 0.25) is 11.8 Å². The van der Waals surface area contributed by atoms with Crippen LogP contribution in [0.25, 0.3) is 0 Å². The van der Waals surface area contributed by atoms with E-state index in [1.54, 1.807) is 4.90 Å². The van der Waals surface area contributed by atoms with Gasteiger partial charge in [0, 0.05) is 25.9 Å². The van der Waals surface area contributed by atoms with Gasteiger partial charge in [0.15, 0.2) is 0 Å². The smallest absolute Gasteiger partial charge is 0.243 e. The zero-order valence-electron chi connectivity index (χ0n) is 23.0. The van der Waals surface area contributed by atoms with E-state index < -0.39 is 6.04 Å². The van der Waals surface area contributed by atoms with Gasteiger partial charge < -0.3 is 10.2 Å². The molecule has 196 valence electrons. The SMILES string of the molecule is Cc1cccc(CN(C(=O)CCc2ccc(C(C)C)cc2)C(Cc2ccccc2)C(=O)NCC(C)C)c1. The lowest BCUT2D eigenvalue weighted by Gasteiger charge is -2.32. The summed E-state index contributed by atoms with van der Waals surface area (Å²) in [5, 5.41) is 3.09. The Morgan fingerprint density at radius 2 is 1.49 bits per heavy atom. The molecular formula is C33H42N2O2. The molecule has 0 aliphatic rings. The number of amides is 2. The normalized spacial score (nSPS) is 12.0. The molecule has 0 aliphatic heterocycles. The lowest BCUT2D eigenvalue weighted by Crippen LogP contribution is -2.51. The first kappa shape index (κ1) is 28.2. The van der Waals surface area contributed by atoms with Gasteiger partial charge in [0.25, 0.3) is 0 Å². The maximum Gasteiger partial charge on any atom is 0.243 e. The molecule has 0 aromatic heterocycles. The van der Waals surface area contributed by atoms with E-state index in [0.29, 0.717) is 44.2 Å². The molecule has 37 heavy (non-hydrogen) atoms. The van der Waals surface area contributed by atoms with E-state index in [4.69, 9.17) is 0 Å². The highest BCUT2D eigenvalue weighted by atomic mass is 16.2. The third-order valence-electron chi connectivity index (χ3n) is 6.66. The lowest BCUT2D eigenvalue weighted by atomic mass is 9.99. The second-order valence-electron chi connectivity index (χ2n) is 10.8. The van der Waals surface area contributed by atoms with Gasteiger partial charge >= 0.3 is 0 Å². The number of benzene rings is 3. The van der Waals surface area contributed by atoms with Gasteiger partial charge in [-0.05, 0) is 47.4 Å². The van der Waals surface area contributed by atoms with Gasteiger partial charge in [-0.2, -0.15) is 0 Å². The summed E-state index contributed by atoms with van der Waals surface area (Å²) in [6.07, 6.45) is 1.48. The summed E-state index contributed by atoms with van der Waals surface area (Å²) in [6, 6.07) is 26.1. The molecule has 0 bridgehead atoms. The van der Waals surface area contributed by atoms with Crippen molar-refractivity contribution < 1.29 is 9.59 Å². The van der Waals surface area contributed by atoms with Crippen molar-refractivity contribution in [2.75, 3.05) is 6.54 Å². The summed E-state index contributed by atoms with van der Waals surface area (Å²) >= 11 is 0. The number of nitrogens with one attached hydrogen (secondary N) is 1. The number of aryl methyl sites for hydroxylation is 2. The maximum atomic E-state index is 13.8. The molecule has 0 saturated carbocycles.